The van der Waals surface area contributed by atoms with Crippen molar-refractivity contribution in [3.05, 3.63) is 60.2 Å². The van der Waals surface area contributed by atoms with Crippen LogP contribution in [0.5, 0.6) is 0 Å². The molecule has 1 N–H and O–H groups in total. The molecule has 0 amide bonds. The number of ether oxygens (including phenoxy) is 1. The standard InChI is InChI=1S/C19H24N3O3.2ClH/c1-16(2)12-19(23)17-6-5-10-21(13-17)14-25-15-22-11-4-3-7-18(22)8-9-20-24;;/h3-7,9-11,13,16H,8,12,14-15H2,1-2H3;2*1H/q+1;;/p-1. The molecule has 0 aliphatic carbocycles. The van der Waals surface area contributed by atoms with Gasteiger partial charge in [0.15, 0.2) is 30.1 Å². The third-order valence-electron chi connectivity index (χ3n) is 3.66. The summed E-state index contributed by atoms with van der Waals surface area (Å²) in [5, 5.41) is 11.6. The van der Waals surface area contributed by atoms with Gasteiger partial charge in [-0.3, -0.25) is 9.53 Å². The van der Waals surface area contributed by atoms with Crippen LogP contribution in [0.2, 0.25) is 0 Å². The van der Waals surface area contributed by atoms with Crippen LogP contribution in [0.3, 0.4) is 0 Å². The van der Waals surface area contributed by atoms with Crippen molar-refractivity contribution < 1.29 is 48.7 Å². The lowest BCUT2D eigenvalue weighted by Gasteiger charge is -2.04. The molecule has 0 saturated carbocycles. The highest BCUT2D eigenvalue weighted by atomic mass is 35.5. The van der Waals surface area contributed by atoms with Crippen molar-refractivity contribution in [3.8, 4) is 0 Å². The van der Waals surface area contributed by atoms with Crippen LogP contribution in [0.4, 0.5) is 0 Å². The van der Waals surface area contributed by atoms with E-state index in [0.717, 1.165) is 5.69 Å². The molecule has 0 saturated heterocycles. The summed E-state index contributed by atoms with van der Waals surface area (Å²) in [4.78, 5) is 12.2. The van der Waals surface area contributed by atoms with Crippen LogP contribution < -0.4 is 33.9 Å². The maximum Gasteiger partial charge on any atom is 0.258 e. The minimum atomic E-state index is 0. The number of rotatable bonds is 9. The molecular weight excluding hydrogens is 389 g/mol. The summed E-state index contributed by atoms with van der Waals surface area (Å²) >= 11 is 0. The lowest BCUT2D eigenvalue weighted by atomic mass is 10.0. The molecule has 2 aromatic heterocycles. The van der Waals surface area contributed by atoms with Gasteiger partial charge in [0.05, 0.1) is 18.2 Å². The maximum atomic E-state index is 12.2. The minimum absolute atomic E-state index is 0. The number of carbonyl (C=O) groups excluding carboxylic acids is 1. The predicted molar refractivity (Wildman–Crippen MR) is 92.1 cm³/mol. The molecule has 0 aliphatic rings. The van der Waals surface area contributed by atoms with Crippen molar-refractivity contribution in [2.24, 2.45) is 11.1 Å². The van der Waals surface area contributed by atoms with E-state index < -0.39 is 0 Å². The summed E-state index contributed by atoms with van der Waals surface area (Å²) in [6.07, 6.45) is 8.10. The largest absolute Gasteiger partial charge is 1.00 e. The number of pyridine rings is 2. The molecule has 2 rings (SSSR count). The number of ketones is 1. The molecule has 6 nitrogen and oxygen atoms in total. The number of halogens is 2. The highest BCUT2D eigenvalue weighted by molar-refractivity contribution is 5.95. The smallest absolute Gasteiger partial charge is 0.258 e. The molecule has 0 bridgehead atoms. The molecule has 0 radical (unpaired) electrons. The van der Waals surface area contributed by atoms with Gasteiger partial charge in [-0.15, -0.1) is 5.16 Å². The van der Waals surface area contributed by atoms with Gasteiger partial charge in [0.2, 0.25) is 0 Å². The SMILES string of the molecule is CC(C)CC(=O)c1ccc[n+](COC[n+]2ccccc2CC=NO)c1.[Cl-].[Cl-]. The van der Waals surface area contributed by atoms with Crippen LogP contribution >= 0.6 is 0 Å². The number of Topliss-reactive ketones (excluding diaryl/α,β-unsaturated/α-hetero) is 1. The van der Waals surface area contributed by atoms with Gasteiger partial charge >= 0.3 is 0 Å². The van der Waals surface area contributed by atoms with Crippen LogP contribution in [0.15, 0.2) is 54.1 Å². The Balaban J connectivity index is 0.00000338. The zero-order valence-electron chi connectivity index (χ0n) is 15.5. The summed E-state index contributed by atoms with van der Waals surface area (Å²) in [7, 11) is 0. The van der Waals surface area contributed by atoms with Crippen molar-refractivity contribution in [1.29, 1.82) is 0 Å². The number of hydrogen-bond donors (Lipinski definition) is 1. The van der Waals surface area contributed by atoms with E-state index in [1.165, 1.54) is 6.21 Å². The maximum absolute atomic E-state index is 12.2. The number of aromatic nitrogens is 2. The second kappa shape index (κ2) is 13.2. The number of oxime groups is 1. The third-order valence-corrected chi connectivity index (χ3v) is 3.66. The Morgan fingerprint density at radius 2 is 1.96 bits per heavy atom. The molecule has 0 aromatic carbocycles. The summed E-state index contributed by atoms with van der Waals surface area (Å²) in [6.45, 7) is 4.78. The molecule has 2 aromatic rings. The van der Waals surface area contributed by atoms with Gasteiger partial charge in [-0.2, -0.15) is 9.13 Å². The lowest BCUT2D eigenvalue weighted by Crippen LogP contribution is -3.00. The van der Waals surface area contributed by atoms with Crippen LogP contribution in [0.25, 0.3) is 0 Å². The van der Waals surface area contributed by atoms with E-state index >= 15 is 0 Å². The van der Waals surface area contributed by atoms with Crippen LogP contribution in [-0.2, 0) is 24.6 Å². The molecule has 2 heterocycles. The van der Waals surface area contributed by atoms with Gasteiger partial charge in [-0.05, 0) is 12.0 Å². The van der Waals surface area contributed by atoms with Gasteiger partial charge in [0.1, 0.15) is 0 Å². The molecule has 8 heteroatoms. The first-order valence-electron chi connectivity index (χ1n) is 8.33. The van der Waals surface area contributed by atoms with E-state index in [9.17, 15) is 4.79 Å². The predicted octanol–water partition coefficient (Wildman–Crippen LogP) is -3.87. The second-order valence-corrected chi connectivity index (χ2v) is 6.25. The van der Waals surface area contributed by atoms with Crippen LogP contribution in [0, 0.1) is 5.92 Å². The summed E-state index contributed by atoms with van der Waals surface area (Å²) in [5.41, 5.74) is 1.68. The second-order valence-electron chi connectivity index (χ2n) is 6.25. The van der Waals surface area contributed by atoms with E-state index in [4.69, 9.17) is 9.94 Å². The fourth-order valence-electron chi connectivity index (χ4n) is 2.46. The van der Waals surface area contributed by atoms with E-state index in [-0.39, 0.29) is 30.6 Å². The number of carbonyl (C=O) groups is 1. The van der Waals surface area contributed by atoms with Crippen LogP contribution in [-0.4, -0.2) is 17.2 Å². The van der Waals surface area contributed by atoms with Gasteiger partial charge < -0.3 is 30.0 Å². The molecule has 27 heavy (non-hydrogen) atoms. The zero-order chi connectivity index (χ0) is 18.1. The van der Waals surface area contributed by atoms with E-state index in [2.05, 4.69) is 5.16 Å². The van der Waals surface area contributed by atoms with Crippen molar-refractivity contribution in [2.45, 2.75) is 40.2 Å². The molecule has 148 valence electrons. The Morgan fingerprint density at radius 3 is 2.67 bits per heavy atom. The monoisotopic (exact) mass is 413 g/mol. The lowest BCUT2D eigenvalue weighted by molar-refractivity contribution is -0.791. The third kappa shape index (κ3) is 8.47. The van der Waals surface area contributed by atoms with E-state index in [0.29, 0.717) is 37.8 Å². The minimum Gasteiger partial charge on any atom is -1.00 e. The summed E-state index contributed by atoms with van der Waals surface area (Å²) in [6, 6.07) is 9.48. The molecule has 0 fully saturated rings. The number of nitrogens with zero attached hydrogens (tertiary/aromatic N) is 3. The average Bonchev–Trinajstić information content (AvgIpc) is 2.60. The van der Waals surface area contributed by atoms with E-state index in [1.807, 2.05) is 71.9 Å². The molecule has 0 spiro atoms. The highest BCUT2D eigenvalue weighted by Crippen LogP contribution is 2.07. The Bertz CT molecular complexity index is 740. The van der Waals surface area contributed by atoms with Gasteiger partial charge in [-0.1, -0.05) is 19.9 Å². The fraction of sp³-hybridized carbons (Fsp3) is 0.368. The van der Waals surface area contributed by atoms with Crippen molar-refractivity contribution in [2.75, 3.05) is 0 Å². The Labute approximate surface area is 172 Å². The zero-order valence-corrected chi connectivity index (χ0v) is 17.0. The Kier molecular flexibility index (Phi) is 12.2. The fourth-order valence-corrected chi connectivity index (χ4v) is 2.46. The average molecular weight is 414 g/mol. The summed E-state index contributed by atoms with van der Waals surface area (Å²) in [5.74, 6) is 0.486. The molecule has 0 aliphatic heterocycles. The van der Waals surface area contributed by atoms with Crippen molar-refractivity contribution >= 4 is 12.0 Å². The summed E-state index contributed by atoms with van der Waals surface area (Å²) < 4.78 is 9.54. The van der Waals surface area contributed by atoms with Gasteiger partial charge in [0.25, 0.3) is 13.5 Å². The normalized spacial score (nSPS) is 10.5. The van der Waals surface area contributed by atoms with Crippen LogP contribution in [0.1, 0.15) is 36.3 Å². The highest BCUT2D eigenvalue weighted by Gasteiger charge is 2.13. The topological polar surface area (TPSA) is 66.7 Å². The van der Waals surface area contributed by atoms with Gasteiger partial charge in [0, 0.05) is 24.6 Å². The quantitative estimate of drug-likeness (QED) is 0.150. The van der Waals surface area contributed by atoms with E-state index in [1.54, 1.807) is 0 Å². The Morgan fingerprint density at radius 1 is 1.19 bits per heavy atom. The van der Waals surface area contributed by atoms with Crippen molar-refractivity contribution in [1.82, 2.24) is 0 Å². The Hall–Kier alpha value is -2.02. The molecular formula is C19H25Cl2N3O3. The molecule has 0 atom stereocenters. The first kappa shape index (κ1) is 25.0. The number of hydrogen-bond acceptors (Lipinski definition) is 4. The first-order chi connectivity index (χ1) is 12.1. The molecule has 0 unspecified atom stereocenters. The van der Waals surface area contributed by atoms with Gasteiger partial charge in [-0.25, -0.2) is 0 Å². The first-order valence-corrected chi connectivity index (χ1v) is 8.33. The van der Waals surface area contributed by atoms with Crippen molar-refractivity contribution in [3.63, 3.8) is 0 Å².